The average Bonchev–Trinajstić information content (AvgIpc) is 3.16. The molecule has 0 spiro atoms. The lowest BCUT2D eigenvalue weighted by Gasteiger charge is -2.17. The summed E-state index contributed by atoms with van der Waals surface area (Å²) in [5.74, 6) is -1.00. The quantitative estimate of drug-likeness (QED) is 0.927. The number of rotatable bonds is 3. The van der Waals surface area contributed by atoms with Gasteiger partial charge in [0.1, 0.15) is 0 Å². The van der Waals surface area contributed by atoms with Crippen LogP contribution in [0.2, 0.25) is 0 Å². The van der Waals surface area contributed by atoms with Gasteiger partial charge in [0, 0.05) is 31.2 Å². The van der Waals surface area contributed by atoms with E-state index in [0.717, 1.165) is 18.6 Å². The third-order valence-corrected chi connectivity index (χ3v) is 4.75. The van der Waals surface area contributed by atoms with Crippen LogP contribution in [0.5, 0.6) is 0 Å². The highest BCUT2D eigenvalue weighted by Crippen LogP contribution is 2.28. The summed E-state index contributed by atoms with van der Waals surface area (Å²) < 4.78 is 5.41. The van der Waals surface area contributed by atoms with E-state index in [1.54, 1.807) is 11.0 Å². The number of carboxylic acids is 1. The van der Waals surface area contributed by atoms with E-state index in [2.05, 4.69) is 0 Å². The molecular weight excluding hydrogens is 282 g/mol. The van der Waals surface area contributed by atoms with Gasteiger partial charge in [-0.15, -0.1) is 0 Å². The smallest absolute Gasteiger partial charge is 0.308 e. The molecule has 0 radical (unpaired) electrons. The molecule has 5 nitrogen and oxygen atoms in total. The van der Waals surface area contributed by atoms with E-state index in [1.807, 2.05) is 25.1 Å². The number of carbonyl (C=O) groups is 2. The van der Waals surface area contributed by atoms with Gasteiger partial charge in [-0.3, -0.25) is 9.59 Å². The molecule has 118 valence electrons. The van der Waals surface area contributed by atoms with Gasteiger partial charge in [-0.05, 0) is 30.0 Å². The van der Waals surface area contributed by atoms with Gasteiger partial charge in [0.25, 0.3) is 5.91 Å². The molecule has 2 aliphatic heterocycles. The SMILES string of the molecule is C[C@@H]1CN(C(=O)c2cccc(C3CCOC3)c2)C[C@H]1C(=O)O. The van der Waals surface area contributed by atoms with Crippen LogP contribution in [0.25, 0.3) is 0 Å². The minimum atomic E-state index is -0.820. The molecule has 1 N–H and O–H groups in total. The predicted molar refractivity (Wildman–Crippen MR) is 80.8 cm³/mol. The van der Waals surface area contributed by atoms with Crippen LogP contribution in [0.1, 0.15) is 35.2 Å². The minimum Gasteiger partial charge on any atom is -0.481 e. The number of aliphatic carboxylic acids is 1. The molecule has 2 saturated heterocycles. The van der Waals surface area contributed by atoms with Crippen molar-refractivity contribution in [3.8, 4) is 0 Å². The molecule has 0 aromatic heterocycles. The Bertz CT molecular complexity index is 580. The highest BCUT2D eigenvalue weighted by Gasteiger charge is 2.37. The molecule has 2 fully saturated rings. The van der Waals surface area contributed by atoms with Gasteiger partial charge in [-0.25, -0.2) is 0 Å². The van der Waals surface area contributed by atoms with Gasteiger partial charge in [-0.1, -0.05) is 19.1 Å². The van der Waals surface area contributed by atoms with E-state index in [-0.39, 0.29) is 11.8 Å². The summed E-state index contributed by atoms with van der Waals surface area (Å²) >= 11 is 0. The molecule has 0 bridgehead atoms. The molecule has 5 heteroatoms. The minimum absolute atomic E-state index is 0.00661. The van der Waals surface area contributed by atoms with Crippen LogP contribution in [-0.2, 0) is 9.53 Å². The fraction of sp³-hybridized carbons (Fsp3) is 0.529. The Kier molecular flexibility index (Phi) is 4.16. The van der Waals surface area contributed by atoms with Gasteiger partial charge in [-0.2, -0.15) is 0 Å². The molecule has 22 heavy (non-hydrogen) atoms. The van der Waals surface area contributed by atoms with E-state index in [9.17, 15) is 14.7 Å². The number of ether oxygens (including phenoxy) is 1. The largest absolute Gasteiger partial charge is 0.481 e. The number of likely N-dealkylation sites (tertiary alicyclic amines) is 1. The van der Waals surface area contributed by atoms with Crippen LogP contribution in [0, 0.1) is 11.8 Å². The first-order valence-electron chi connectivity index (χ1n) is 7.76. The van der Waals surface area contributed by atoms with Crippen molar-refractivity contribution in [2.45, 2.75) is 19.3 Å². The zero-order valence-corrected chi connectivity index (χ0v) is 12.7. The third-order valence-electron chi connectivity index (χ3n) is 4.75. The zero-order chi connectivity index (χ0) is 15.7. The van der Waals surface area contributed by atoms with Crippen molar-refractivity contribution in [1.29, 1.82) is 0 Å². The second-order valence-electron chi connectivity index (χ2n) is 6.32. The summed E-state index contributed by atoms with van der Waals surface area (Å²) in [5, 5.41) is 9.19. The Hall–Kier alpha value is -1.88. The number of carbonyl (C=O) groups excluding carboxylic acids is 1. The van der Waals surface area contributed by atoms with Crippen molar-refractivity contribution in [1.82, 2.24) is 4.90 Å². The maximum atomic E-state index is 12.6. The summed E-state index contributed by atoms with van der Waals surface area (Å²) in [6.07, 6.45) is 0.986. The fourth-order valence-corrected chi connectivity index (χ4v) is 3.36. The molecule has 0 saturated carbocycles. The van der Waals surface area contributed by atoms with Gasteiger partial charge in [0.05, 0.1) is 12.5 Å². The van der Waals surface area contributed by atoms with E-state index in [0.29, 0.717) is 31.2 Å². The van der Waals surface area contributed by atoms with Crippen molar-refractivity contribution in [3.05, 3.63) is 35.4 Å². The Balaban J connectivity index is 1.75. The Morgan fingerprint density at radius 3 is 2.77 bits per heavy atom. The van der Waals surface area contributed by atoms with Crippen LogP contribution >= 0.6 is 0 Å². The van der Waals surface area contributed by atoms with E-state index >= 15 is 0 Å². The molecule has 0 aliphatic carbocycles. The molecule has 2 heterocycles. The zero-order valence-electron chi connectivity index (χ0n) is 12.7. The molecule has 1 amide bonds. The molecule has 3 atom stereocenters. The molecule has 3 rings (SSSR count). The Labute approximate surface area is 129 Å². The average molecular weight is 303 g/mol. The monoisotopic (exact) mass is 303 g/mol. The molecular formula is C17H21NO4. The maximum Gasteiger partial charge on any atom is 0.308 e. The fourth-order valence-electron chi connectivity index (χ4n) is 3.36. The predicted octanol–water partition coefficient (Wildman–Crippen LogP) is 1.98. The Morgan fingerprint density at radius 1 is 1.32 bits per heavy atom. The summed E-state index contributed by atoms with van der Waals surface area (Å²) in [4.78, 5) is 25.5. The van der Waals surface area contributed by atoms with E-state index in [1.165, 1.54) is 0 Å². The maximum absolute atomic E-state index is 12.6. The van der Waals surface area contributed by atoms with Crippen molar-refractivity contribution in [3.63, 3.8) is 0 Å². The second kappa shape index (κ2) is 6.08. The first-order valence-corrected chi connectivity index (χ1v) is 7.76. The lowest BCUT2D eigenvalue weighted by Crippen LogP contribution is -2.30. The second-order valence-corrected chi connectivity index (χ2v) is 6.32. The van der Waals surface area contributed by atoms with Crippen LogP contribution in [0.3, 0.4) is 0 Å². The van der Waals surface area contributed by atoms with Gasteiger partial charge < -0.3 is 14.7 Å². The van der Waals surface area contributed by atoms with Gasteiger partial charge in [0.15, 0.2) is 0 Å². The van der Waals surface area contributed by atoms with Crippen molar-refractivity contribution >= 4 is 11.9 Å². The van der Waals surface area contributed by atoms with Gasteiger partial charge in [0.2, 0.25) is 0 Å². The van der Waals surface area contributed by atoms with Crippen LogP contribution in [0.15, 0.2) is 24.3 Å². The standard InChI is InChI=1S/C17H21NO4/c1-11-8-18(9-15(11)17(20)21)16(19)13-4-2-3-12(7-13)14-5-6-22-10-14/h2-4,7,11,14-15H,5-6,8-10H2,1H3,(H,20,21)/t11-,14?,15-/m1/s1. The highest BCUT2D eigenvalue weighted by molar-refractivity contribution is 5.95. The molecule has 1 unspecified atom stereocenters. The summed E-state index contributed by atoms with van der Waals surface area (Å²) in [6, 6.07) is 7.67. The van der Waals surface area contributed by atoms with Gasteiger partial charge >= 0.3 is 5.97 Å². The number of hydrogen-bond donors (Lipinski definition) is 1. The lowest BCUT2D eigenvalue weighted by atomic mass is 9.96. The number of amides is 1. The van der Waals surface area contributed by atoms with E-state index in [4.69, 9.17) is 4.74 Å². The van der Waals surface area contributed by atoms with Crippen molar-refractivity contribution in [2.75, 3.05) is 26.3 Å². The number of nitrogens with zero attached hydrogens (tertiary/aromatic N) is 1. The first kappa shape index (κ1) is 15.0. The number of benzene rings is 1. The summed E-state index contributed by atoms with van der Waals surface area (Å²) in [5.41, 5.74) is 1.77. The normalized spacial score (nSPS) is 28.0. The van der Waals surface area contributed by atoms with Crippen molar-refractivity contribution in [2.24, 2.45) is 11.8 Å². The number of hydrogen-bond acceptors (Lipinski definition) is 3. The lowest BCUT2D eigenvalue weighted by molar-refractivity contribution is -0.142. The highest BCUT2D eigenvalue weighted by atomic mass is 16.5. The molecule has 2 aliphatic rings. The van der Waals surface area contributed by atoms with Crippen molar-refractivity contribution < 1.29 is 19.4 Å². The topological polar surface area (TPSA) is 66.8 Å². The van der Waals surface area contributed by atoms with Crippen LogP contribution < -0.4 is 0 Å². The Morgan fingerprint density at radius 2 is 2.14 bits per heavy atom. The summed E-state index contributed by atoms with van der Waals surface area (Å²) in [7, 11) is 0. The van der Waals surface area contributed by atoms with Crippen LogP contribution in [-0.4, -0.2) is 48.2 Å². The molecule has 1 aromatic rings. The number of carboxylic acid groups (broad SMARTS) is 1. The molecule has 1 aromatic carbocycles. The third kappa shape index (κ3) is 2.86. The summed E-state index contributed by atoms with van der Waals surface area (Å²) in [6.45, 7) is 4.17. The first-order chi connectivity index (χ1) is 10.6. The van der Waals surface area contributed by atoms with E-state index < -0.39 is 11.9 Å². The van der Waals surface area contributed by atoms with Crippen LogP contribution in [0.4, 0.5) is 0 Å².